The molecule has 4 unspecified atom stereocenters. The molecule has 0 aromatic carbocycles. The van der Waals surface area contributed by atoms with Crippen LogP contribution in [0.25, 0.3) is 11.4 Å². The molecule has 14 nitrogen and oxygen atoms in total. The minimum Gasteiger partial charge on any atom is -0.423 e. The lowest BCUT2D eigenvalue weighted by Gasteiger charge is -2.17. The fourth-order valence-electron chi connectivity index (χ4n) is 5.21. The van der Waals surface area contributed by atoms with E-state index in [1.54, 1.807) is 30.7 Å². The average Bonchev–Trinajstić information content (AvgIpc) is 3.83. The predicted octanol–water partition coefficient (Wildman–Crippen LogP) is 0.933. The van der Waals surface area contributed by atoms with Crippen molar-refractivity contribution in [2.75, 3.05) is 47.4 Å². The molecule has 2 saturated heterocycles. The molecule has 0 spiro atoms. The molecule has 2 aliphatic heterocycles. The van der Waals surface area contributed by atoms with Crippen molar-refractivity contribution >= 4 is 47.7 Å². The minimum absolute atomic E-state index is 0. The second-order valence-corrected chi connectivity index (χ2v) is 11.2. The molecule has 4 aromatic rings. The molecule has 0 bridgehead atoms. The summed E-state index contributed by atoms with van der Waals surface area (Å²) in [6.45, 7) is 4.29. The number of nitrogens with zero attached hydrogens (tertiary/aromatic N) is 10. The third-order valence-electron chi connectivity index (χ3n) is 7.70. The van der Waals surface area contributed by atoms with Crippen molar-refractivity contribution in [3.05, 3.63) is 54.6 Å². The Morgan fingerprint density at radius 1 is 0.698 bits per heavy atom. The highest BCUT2D eigenvalue weighted by Gasteiger charge is 2.46. The number of nitrogen functional groups attached to an aromatic ring is 2. The van der Waals surface area contributed by atoms with Gasteiger partial charge in [0.2, 0.25) is 17.2 Å². The number of anilines is 4. The Balaban J connectivity index is 0.000000137. The number of aromatic nitrogens is 8. The lowest BCUT2D eigenvalue weighted by atomic mass is 9.83. The third kappa shape index (κ3) is 7.61. The smallest absolute Gasteiger partial charge is 0.423 e. The van der Waals surface area contributed by atoms with Crippen molar-refractivity contribution < 1.29 is 10.0 Å². The Bertz CT molecular complexity index is 1480. The second-order valence-electron chi connectivity index (χ2n) is 10.8. The Labute approximate surface area is 254 Å². The molecule has 0 radical (unpaired) electrons. The van der Waals surface area contributed by atoms with Gasteiger partial charge in [0, 0.05) is 68.8 Å². The molecular formula is C27H34BClN12O2. The number of nitrogens with two attached hydrogens (primary N) is 2. The molecule has 16 heteroatoms. The summed E-state index contributed by atoms with van der Waals surface area (Å²) in [5.74, 6) is 6.36. The Kier molecular flexibility index (Phi) is 9.13. The van der Waals surface area contributed by atoms with Crippen LogP contribution in [0.2, 0.25) is 5.28 Å². The van der Waals surface area contributed by atoms with E-state index in [0.29, 0.717) is 28.9 Å². The third-order valence-corrected chi connectivity index (χ3v) is 7.88. The highest BCUT2D eigenvalue weighted by atomic mass is 35.5. The van der Waals surface area contributed by atoms with E-state index >= 15 is 0 Å². The summed E-state index contributed by atoms with van der Waals surface area (Å²) in [4.78, 5) is 37.1. The van der Waals surface area contributed by atoms with E-state index < -0.39 is 7.12 Å². The van der Waals surface area contributed by atoms with Gasteiger partial charge in [-0.25, -0.2) is 39.9 Å². The lowest BCUT2D eigenvalue weighted by molar-refractivity contribution is 0.425. The molecule has 43 heavy (non-hydrogen) atoms. The van der Waals surface area contributed by atoms with Crippen LogP contribution in [0.1, 0.15) is 20.3 Å². The van der Waals surface area contributed by atoms with Crippen molar-refractivity contribution in [1.82, 2.24) is 39.9 Å². The van der Waals surface area contributed by atoms with Gasteiger partial charge in [-0.2, -0.15) is 0 Å². The van der Waals surface area contributed by atoms with E-state index in [-0.39, 0.29) is 12.7 Å². The van der Waals surface area contributed by atoms with Gasteiger partial charge < -0.3 is 31.3 Å². The van der Waals surface area contributed by atoms with E-state index in [9.17, 15) is 0 Å². The normalized spacial score (nSPS) is 22.1. The van der Waals surface area contributed by atoms with Gasteiger partial charge in [0.15, 0.2) is 5.82 Å². The molecule has 4 fully saturated rings. The van der Waals surface area contributed by atoms with E-state index in [1.165, 1.54) is 31.4 Å². The summed E-state index contributed by atoms with van der Waals surface area (Å²) in [6, 6.07) is 3.24. The van der Waals surface area contributed by atoms with Gasteiger partial charge in [-0.1, -0.05) is 7.43 Å². The van der Waals surface area contributed by atoms with E-state index in [0.717, 1.165) is 61.4 Å². The maximum absolute atomic E-state index is 8.89. The van der Waals surface area contributed by atoms with Gasteiger partial charge in [-0.3, -0.25) is 0 Å². The quantitative estimate of drug-likeness (QED) is 0.189. The van der Waals surface area contributed by atoms with Crippen LogP contribution >= 0.6 is 11.6 Å². The molecule has 6 heterocycles. The number of fused-ring (bicyclic) bond motifs is 2. The largest absolute Gasteiger partial charge is 0.491 e. The highest BCUT2D eigenvalue weighted by Crippen LogP contribution is 2.46. The van der Waals surface area contributed by atoms with Crippen LogP contribution in [0, 0.1) is 23.7 Å². The SMILES string of the molecule is C.Nc1ccnc(-c2cnc(N3CC4CC4C3)nc2)n1.Nc1ccnc(Cl)n1.OB(O)c1cnc(N2CC3CC3C2)nc1. The van der Waals surface area contributed by atoms with Crippen molar-refractivity contribution in [2.45, 2.75) is 20.3 Å². The van der Waals surface area contributed by atoms with Gasteiger partial charge >= 0.3 is 7.12 Å². The Morgan fingerprint density at radius 3 is 1.58 bits per heavy atom. The maximum atomic E-state index is 8.89. The zero-order valence-corrected chi connectivity index (χ0v) is 23.4. The van der Waals surface area contributed by atoms with Gasteiger partial charge in [0.25, 0.3) is 0 Å². The Morgan fingerprint density at radius 2 is 1.16 bits per heavy atom. The van der Waals surface area contributed by atoms with Crippen LogP contribution in [-0.2, 0) is 0 Å². The second kappa shape index (κ2) is 13.0. The zero-order valence-electron chi connectivity index (χ0n) is 22.6. The molecule has 8 rings (SSSR count). The molecule has 4 aliphatic rings. The first-order chi connectivity index (χ1) is 20.3. The first-order valence-corrected chi connectivity index (χ1v) is 14.0. The van der Waals surface area contributed by atoms with Crippen LogP contribution in [-0.4, -0.2) is 83.2 Å². The topological polar surface area (TPSA) is 202 Å². The summed E-state index contributed by atoms with van der Waals surface area (Å²) in [5.41, 5.74) is 12.0. The average molecular weight is 605 g/mol. The molecule has 2 saturated carbocycles. The molecule has 4 aromatic heterocycles. The van der Waals surface area contributed by atoms with E-state index in [4.69, 9.17) is 33.1 Å². The molecule has 224 valence electrons. The standard InChI is InChI=1S/C13H14N6.C9H12BN3O2.C4H4ClN3.CH4/c14-11-1-2-15-12(18-11)10-4-16-13(17-5-10)19-6-8-3-9(8)7-19;14-10(15)8-2-11-9(12-3-8)13-4-6-1-7(6)5-13;5-4-7-2-1-3(6)8-4;/h1-2,4-5,8-9H,3,6-7H2,(H2,14,15,18);2-3,6-7,14-15H,1,4-5H2;1-2H,(H2,6,7,8);1H4. The zero-order chi connectivity index (χ0) is 29.2. The maximum Gasteiger partial charge on any atom is 0.491 e. The lowest BCUT2D eigenvalue weighted by Crippen LogP contribution is -2.32. The predicted molar refractivity (Wildman–Crippen MR) is 165 cm³/mol. The van der Waals surface area contributed by atoms with Gasteiger partial charge in [-0.05, 0) is 60.2 Å². The monoisotopic (exact) mass is 604 g/mol. The molecular weight excluding hydrogens is 571 g/mol. The highest BCUT2D eigenvalue weighted by molar-refractivity contribution is 6.58. The van der Waals surface area contributed by atoms with Crippen LogP contribution in [0.5, 0.6) is 0 Å². The first-order valence-electron chi connectivity index (χ1n) is 13.7. The number of halogens is 1. The van der Waals surface area contributed by atoms with Gasteiger partial charge in [-0.15, -0.1) is 0 Å². The van der Waals surface area contributed by atoms with E-state index in [2.05, 4.69) is 49.7 Å². The fourth-order valence-corrected chi connectivity index (χ4v) is 5.36. The van der Waals surface area contributed by atoms with Crippen LogP contribution in [0.15, 0.2) is 49.3 Å². The van der Waals surface area contributed by atoms with Crippen molar-refractivity contribution in [2.24, 2.45) is 23.7 Å². The molecule has 4 atom stereocenters. The number of rotatable bonds is 4. The van der Waals surface area contributed by atoms with Crippen molar-refractivity contribution in [3.63, 3.8) is 0 Å². The number of hydrogen-bond donors (Lipinski definition) is 4. The summed E-state index contributed by atoms with van der Waals surface area (Å²) in [6.07, 6.45) is 12.3. The van der Waals surface area contributed by atoms with Crippen molar-refractivity contribution in [1.29, 1.82) is 0 Å². The summed E-state index contributed by atoms with van der Waals surface area (Å²) in [7, 11) is -1.48. The van der Waals surface area contributed by atoms with Gasteiger partial charge in [0.05, 0.1) is 5.56 Å². The first kappa shape index (κ1) is 30.3. The van der Waals surface area contributed by atoms with Crippen LogP contribution in [0.3, 0.4) is 0 Å². The van der Waals surface area contributed by atoms with Crippen LogP contribution < -0.4 is 26.7 Å². The number of hydrogen-bond acceptors (Lipinski definition) is 14. The van der Waals surface area contributed by atoms with E-state index in [1.807, 2.05) is 0 Å². The van der Waals surface area contributed by atoms with Gasteiger partial charge in [0.1, 0.15) is 11.6 Å². The Hall–Kier alpha value is -4.21. The summed E-state index contributed by atoms with van der Waals surface area (Å²) < 4.78 is 0. The fraction of sp³-hybridized carbons (Fsp3) is 0.407. The summed E-state index contributed by atoms with van der Waals surface area (Å²) >= 11 is 5.34. The molecule has 2 aliphatic carbocycles. The number of piperidine rings is 2. The minimum atomic E-state index is -1.48. The van der Waals surface area contributed by atoms with Crippen molar-refractivity contribution in [3.8, 4) is 11.4 Å². The molecule has 6 N–H and O–H groups in total. The van der Waals surface area contributed by atoms with Crippen LogP contribution in [0.4, 0.5) is 23.5 Å². The molecule has 0 amide bonds. The summed E-state index contributed by atoms with van der Waals surface area (Å²) in [5, 5.41) is 18.0.